The third kappa shape index (κ3) is 3.30. The highest BCUT2D eigenvalue weighted by atomic mass is 35.5. The SMILES string of the molecule is O=C(O)c1ccc(-c2ccc([C@H]3CC34CCN(C(=O)C3(O)CC3)CC4)c(Cl)c2)cc1. The Balaban J connectivity index is 1.27. The zero-order valence-corrected chi connectivity index (χ0v) is 17.4. The van der Waals surface area contributed by atoms with Gasteiger partial charge in [-0.25, -0.2) is 4.79 Å². The molecule has 0 aromatic heterocycles. The maximum absolute atomic E-state index is 12.4. The first-order valence-corrected chi connectivity index (χ1v) is 10.8. The molecule has 1 heterocycles. The number of nitrogens with zero attached hydrogens (tertiary/aromatic N) is 1. The largest absolute Gasteiger partial charge is 0.478 e. The van der Waals surface area contributed by atoms with Gasteiger partial charge in [-0.05, 0) is 78.3 Å². The van der Waals surface area contributed by atoms with E-state index in [1.807, 2.05) is 17.0 Å². The van der Waals surface area contributed by atoms with E-state index in [-0.39, 0.29) is 16.9 Å². The first-order chi connectivity index (χ1) is 14.3. The van der Waals surface area contributed by atoms with E-state index in [0.717, 1.165) is 41.0 Å². The summed E-state index contributed by atoms with van der Waals surface area (Å²) in [5.41, 5.74) is 2.47. The van der Waals surface area contributed by atoms with Gasteiger partial charge < -0.3 is 15.1 Å². The van der Waals surface area contributed by atoms with E-state index in [1.54, 1.807) is 24.3 Å². The lowest BCUT2D eigenvalue weighted by atomic mass is 9.88. The highest BCUT2D eigenvalue weighted by Crippen LogP contribution is 2.66. The summed E-state index contributed by atoms with van der Waals surface area (Å²) >= 11 is 6.65. The summed E-state index contributed by atoms with van der Waals surface area (Å²) in [6, 6.07) is 12.9. The van der Waals surface area contributed by atoms with E-state index in [4.69, 9.17) is 16.7 Å². The number of likely N-dealkylation sites (tertiary alicyclic amines) is 1. The molecule has 2 N–H and O–H groups in total. The van der Waals surface area contributed by atoms with Crippen molar-refractivity contribution in [2.45, 2.75) is 43.6 Å². The Morgan fingerprint density at radius 1 is 0.967 bits per heavy atom. The summed E-state index contributed by atoms with van der Waals surface area (Å²) in [5, 5.41) is 19.9. The van der Waals surface area contributed by atoms with Gasteiger partial charge in [-0.3, -0.25) is 4.79 Å². The number of carboxylic acids is 1. The molecule has 2 aromatic rings. The van der Waals surface area contributed by atoms with E-state index in [1.165, 1.54) is 0 Å². The number of hydrogen-bond donors (Lipinski definition) is 2. The topological polar surface area (TPSA) is 77.8 Å². The molecule has 1 amide bonds. The van der Waals surface area contributed by atoms with Gasteiger partial charge in [0.15, 0.2) is 0 Å². The van der Waals surface area contributed by atoms with Crippen molar-refractivity contribution in [1.29, 1.82) is 0 Å². The van der Waals surface area contributed by atoms with Crippen molar-refractivity contribution >= 4 is 23.5 Å². The van der Waals surface area contributed by atoms with Gasteiger partial charge in [0.25, 0.3) is 5.91 Å². The molecule has 1 aliphatic heterocycles. The smallest absolute Gasteiger partial charge is 0.335 e. The van der Waals surface area contributed by atoms with Gasteiger partial charge >= 0.3 is 5.97 Å². The summed E-state index contributed by atoms with van der Waals surface area (Å²) in [5.74, 6) is -0.617. The number of aliphatic hydroxyl groups is 1. The van der Waals surface area contributed by atoms with Crippen LogP contribution in [0.4, 0.5) is 0 Å². The predicted octanol–water partition coefficient (Wildman–Crippen LogP) is 4.33. The van der Waals surface area contributed by atoms with Crippen LogP contribution in [0.5, 0.6) is 0 Å². The Hall–Kier alpha value is -2.37. The Kier molecular flexibility index (Phi) is 4.46. The summed E-state index contributed by atoms with van der Waals surface area (Å²) in [7, 11) is 0. The summed E-state index contributed by atoms with van der Waals surface area (Å²) < 4.78 is 0. The molecule has 0 unspecified atom stereocenters. The minimum absolute atomic E-state index is 0.0918. The van der Waals surface area contributed by atoms with Crippen LogP contribution in [-0.4, -0.2) is 45.7 Å². The monoisotopic (exact) mass is 425 g/mol. The van der Waals surface area contributed by atoms with Gasteiger partial charge in [0.2, 0.25) is 0 Å². The number of carboxylic acid groups (broad SMARTS) is 1. The fourth-order valence-corrected chi connectivity index (χ4v) is 5.23. The molecule has 5 nitrogen and oxygen atoms in total. The summed E-state index contributed by atoms with van der Waals surface area (Å²) in [6.07, 6.45) is 4.18. The molecular weight excluding hydrogens is 402 g/mol. The van der Waals surface area contributed by atoms with Crippen LogP contribution in [-0.2, 0) is 4.79 Å². The lowest BCUT2D eigenvalue weighted by Gasteiger charge is -2.34. The summed E-state index contributed by atoms with van der Waals surface area (Å²) in [4.78, 5) is 25.2. The second kappa shape index (κ2) is 6.82. The molecule has 2 aromatic carbocycles. The van der Waals surface area contributed by atoms with Gasteiger partial charge in [0.1, 0.15) is 5.60 Å². The molecule has 3 aliphatic rings. The van der Waals surface area contributed by atoms with E-state index in [0.29, 0.717) is 31.8 Å². The average Bonchev–Trinajstić information content (AvgIpc) is 3.66. The van der Waals surface area contributed by atoms with Crippen LogP contribution in [0.15, 0.2) is 42.5 Å². The second-order valence-corrected chi connectivity index (χ2v) is 9.47. The van der Waals surface area contributed by atoms with Crippen LogP contribution >= 0.6 is 11.6 Å². The third-order valence-corrected chi connectivity index (χ3v) is 7.53. The van der Waals surface area contributed by atoms with Crippen molar-refractivity contribution < 1.29 is 19.8 Å². The number of amides is 1. The van der Waals surface area contributed by atoms with Crippen LogP contribution in [0.3, 0.4) is 0 Å². The minimum Gasteiger partial charge on any atom is -0.478 e. The van der Waals surface area contributed by atoms with E-state index < -0.39 is 11.6 Å². The van der Waals surface area contributed by atoms with Crippen LogP contribution in [0.2, 0.25) is 5.02 Å². The number of benzene rings is 2. The average molecular weight is 426 g/mol. The van der Waals surface area contributed by atoms with E-state index in [9.17, 15) is 14.7 Å². The van der Waals surface area contributed by atoms with Crippen molar-refractivity contribution in [2.75, 3.05) is 13.1 Å². The highest BCUT2D eigenvalue weighted by Gasteiger charge is 2.58. The molecule has 2 saturated carbocycles. The highest BCUT2D eigenvalue weighted by molar-refractivity contribution is 6.31. The first kappa shape index (κ1) is 19.6. The molecule has 5 rings (SSSR count). The van der Waals surface area contributed by atoms with Gasteiger partial charge in [0.05, 0.1) is 5.56 Å². The quantitative estimate of drug-likeness (QED) is 0.764. The lowest BCUT2D eigenvalue weighted by molar-refractivity contribution is -0.144. The minimum atomic E-state index is -1.07. The van der Waals surface area contributed by atoms with Gasteiger partial charge in [-0.1, -0.05) is 35.9 Å². The van der Waals surface area contributed by atoms with E-state index >= 15 is 0 Å². The van der Waals surface area contributed by atoms with Gasteiger partial charge in [-0.2, -0.15) is 0 Å². The Bertz CT molecular complexity index is 1020. The fourth-order valence-electron chi connectivity index (χ4n) is 4.92. The predicted molar refractivity (Wildman–Crippen MR) is 114 cm³/mol. The van der Waals surface area contributed by atoms with Crippen molar-refractivity contribution in [1.82, 2.24) is 4.90 Å². The number of aromatic carboxylic acids is 1. The van der Waals surface area contributed by atoms with Gasteiger partial charge in [-0.15, -0.1) is 0 Å². The van der Waals surface area contributed by atoms with E-state index in [2.05, 4.69) is 6.07 Å². The fraction of sp³-hybridized carbons (Fsp3) is 0.417. The molecule has 1 atom stereocenters. The van der Waals surface area contributed by atoms with Crippen molar-refractivity contribution in [3.8, 4) is 11.1 Å². The summed E-state index contributed by atoms with van der Waals surface area (Å²) in [6.45, 7) is 1.42. The maximum Gasteiger partial charge on any atom is 0.335 e. The van der Waals surface area contributed by atoms with Crippen LogP contribution < -0.4 is 0 Å². The second-order valence-electron chi connectivity index (χ2n) is 9.06. The van der Waals surface area contributed by atoms with Crippen LogP contribution in [0.25, 0.3) is 11.1 Å². The maximum atomic E-state index is 12.4. The van der Waals surface area contributed by atoms with Crippen molar-refractivity contribution in [2.24, 2.45) is 5.41 Å². The number of piperidine rings is 1. The number of rotatable bonds is 4. The zero-order valence-electron chi connectivity index (χ0n) is 16.6. The normalized spacial score (nSPS) is 23.3. The lowest BCUT2D eigenvalue weighted by Crippen LogP contribution is -2.45. The molecule has 156 valence electrons. The molecule has 3 fully saturated rings. The molecular formula is C24H24ClNO4. The number of halogens is 1. The standard InChI is InChI=1S/C24H24ClNO4/c25-20-13-17(15-1-3-16(4-2-15)21(27)28)5-6-18(20)19-14-23(19)9-11-26(12-10-23)22(29)24(30)7-8-24/h1-6,13,19,30H,7-12,14H2,(H,27,28)/t19-/m1/s1. The number of carbonyl (C=O) groups excluding carboxylic acids is 1. The molecule has 2 aliphatic carbocycles. The molecule has 30 heavy (non-hydrogen) atoms. The van der Waals surface area contributed by atoms with Crippen LogP contribution in [0, 0.1) is 5.41 Å². The number of hydrogen-bond acceptors (Lipinski definition) is 3. The molecule has 0 bridgehead atoms. The van der Waals surface area contributed by atoms with Gasteiger partial charge in [0, 0.05) is 18.1 Å². The zero-order chi connectivity index (χ0) is 21.1. The molecule has 6 heteroatoms. The van der Waals surface area contributed by atoms with Crippen molar-refractivity contribution in [3.05, 3.63) is 58.6 Å². The molecule has 1 spiro atoms. The van der Waals surface area contributed by atoms with Crippen molar-refractivity contribution in [3.63, 3.8) is 0 Å². The van der Waals surface area contributed by atoms with Crippen LogP contribution in [0.1, 0.15) is 53.9 Å². The Morgan fingerprint density at radius 2 is 1.60 bits per heavy atom. The third-order valence-electron chi connectivity index (χ3n) is 7.20. The molecule has 0 radical (unpaired) electrons. The first-order valence-electron chi connectivity index (χ1n) is 10.5. The Morgan fingerprint density at radius 3 is 2.17 bits per heavy atom. The molecule has 1 saturated heterocycles. The Labute approximate surface area is 180 Å². The number of carbonyl (C=O) groups is 2.